The third-order valence-corrected chi connectivity index (χ3v) is 2.47. The monoisotopic (exact) mass is 250 g/mol. The number of nitrogens with one attached hydrogen (secondary N) is 1. The van der Waals surface area contributed by atoms with E-state index in [1.54, 1.807) is 0 Å². The summed E-state index contributed by atoms with van der Waals surface area (Å²) in [5, 5.41) is 2.86. The molecule has 1 aromatic rings. The van der Waals surface area contributed by atoms with Crippen molar-refractivity contribution >= 4 is 11.6 Å². The largest absolute Gasteiger partial charge is 0.492 e. The van der Waals surface area contributed by atoms with Crippen molar-refractivity contribution in [1.82, 2.24) is 0 Å². The average Bonchev–Trinajstić information content (AvgIpc) is 2.35. The van der Waals surface area contributed by atoms with Gasteiger partial charge in [0.2, 0.25) is 5.91 Å². The standard InChI is InChI=1S/C14H22N2O2/c1-11(2)3-8-14(17)16-12-4-6-13(7-5-12)18-10-9-15/h4-7,11H,3,8-10,15H2,1-2H3,(H,16,17). The summed E-state index contributed by atoms with van der Waals surface area (Å²) in [6.45, 7) is 5.21. The van der Waals surface area contributed by atoms with Gasteiger partial charge in [-0.1, -0.05) is 13.8 Å². The van der Waals surface area contributed by atoms with Crippen LogP contribution < -0.4 is 15.8 Å². The minimum atomic E-state index is 0.0549. The summed E-state index contributed by atoms with van der Waals surface area (Å²) in [5.74, 6) is 1.36. The second kappa shape index (κ2) is 7.71. The maximum atomic E-state index is 11.6. The third-order valence-electron chi connectivity index (χ3n) is 2.47. The van der Waals surface area contributed by atoms with Crippen LogP contribution in [-0.4, -0.2) is 19.1 Å². The van der Waals surface area contributed by atoms with Crippen LogP contribution in [0.25, 0.3) is 0 Å². The molecule has 1 aromatic carbocycles. The molecule has 0 aliphatic carbocycles. The zero-order chi connectivity index (χ0) is 13.4. The number of carbonyl (C=O) groups is 1. The highest BCUT2D eigenvalue weighted by atomic mass is 16.5. The molecule has 18 heavy (non-hydrogen) atoms. The SMILES string of the molecule is CC(C)CCC(=O)Nc1ccc(OCCN)cc1. The topological polar surface area (TPSA) is 64.3 Å². The Balaban J connectivity index is 2.40. The van der Waals surface area contributed by atoms with Gasteiger partial charge in [0.25, 0.3) is 0 Å². The van der Waals surface area contributed by atoms with Crippen molar-refractivity contribution in [1.29, 1.82) is 0 Å². The number of hydrogen-bond donors (Lipinski definition) is 2. The first-order valence-corrected chi connectivity index (χ1v) is 6.34. The number of nitrogens with two attached hydrogens (primary N) is 1. The molecule has 3 N–H and O–H groups in total. The maximum Gasteiger partial charge on any atom is 0.224 e. The Hall–Kier alpha value is -1.55. The molecule has 0 unspecified atom stereocenters. The van der Waals surface area contributed by atoms with Crippen molar-refractivity contribution in [3.63, 3.8) is 0 Å². The molecular formula is C14H22N2O2. The minimum absolute atomic E-state index is 0.0549. The lowest BCUT2D eigenvalue weighted by molar-refractivity contribution is -0.116. The number of amides is 1. The lowest BCUT2D eigenvalue weighted by Gasteiger charge is -2.08. The van der Waals surface area contributed by atoms with Crippen molar-refractivity contribution in [3.05, 3.63) is 24.3 Å². The molecule has 0 bridgehead atoms. The number of benzene rings is 1. The Morgan fingerprint density at radius 2 is 2.00 bits per heavy atom. The van der Waals surface area contributed by atoms with E-state index in [1.165, 1.54) is 0 Å². The fraction of sp³-hybridized carbons (Fsp3) is 0.500. The third kappa shape index (κ3) is 5.68. The Kier molecular flexibility index (Phi) is 6.22. The molecule has 4 heteroatoms. The van der Waals surface area contributed by atoms with E-state index < -0.39 is 0 Å². The highest BCUT2D eigenvalue weighted by Gasteiger charge is 2.04. The second-order valence-electron chi connectivity index (χ2n) is 4.64. The highest BCUT2D eigenvalue weighted by Crippen LogP contribution is 2.16. The van der Waals surface area contributed by atoms with Gasteiger partial charge in [-0.3, -0.25) is 4.79 Å². The zero-order valence-corrected chi connectivity index (χ0v) is 11.1. The molecular weight excluding hydrogens is 228 g/mol. The summed E-state index contributed by atoms with van der Waals surface area (Å²) in [4.78, 5) is 11.6. The van der Waals surface area contributed by atoms with Crippen LogP contribution in [0.4, 0.5) is 5.69 Å². The van der Waals surface area contributed by atoms with E-state index in [9.17, 15) is 4.79 Å². The van der Waals surface area contributed by atoms with Gasteiger partial charge in [0, 0.05) is 18.7 Å². The molecule has 0 aliphatic heterocycles. The normalized spacial score (nSPS) is 10.4. The molecule has 0 saturated carbocycles. The number of hydrogen-bond acceptors (Lipinski definition) is 3. The van der Waals surface area contributed by atoms with E-state index >= 15 is 0 Å². The molecule has 0 saturated heterocycles. The second-order valence-corrected chi connectivity index (χ2v) is 4.64. The molecule has 100 valence electrons. The van der Waals surface area contributed by atoms with Gasteiger partial charge < -0.3 is 15.8 Å². The van der Waals surface area contributed by atoms with Crippen molar-refractivity contribution in [2.75, 3.05) is 18.5 Å². The van der Waals surface area contributed by atoms with Crippen LogP contribution in [0.5, 0.6) is 5.75 Å². The van der Waals surface area contributed by atoms with Crippen molar-refractivity contribution in [2.45, 2.75) is 26.7 Å². The van der Waals surface area contributed by atoms with E-state index in [0.717, 1.165) is 17.9 Å². The summed E-state index contributed by atoms with van der Waals surface area (Å²) in [5.41, 5.74) is 6.14. The first-order chi connectivity index (χ1) is 8.61. The van der Waals surface area contributed by atoms with Crippen molar-refractivity contribution in [2.24, 2.45) is 11.7 Å². The van der Waals surface area contributed by atoms with E-state index in [2.05, 4.69) is 19.2 Å². The molecule has 0 fully saturated rings. The number of rotatable bonds is 7. The van der Waals surface area contributed by atoms with Gasteiger partial charge in [0.05, 0.1) is 0 Å². The predicted molar refractivity (Wildman–Crippen MR) is 73.7 cm³/mol. The Bertz CT molecular complexity index is 361. The van der Waals surface area contributed by atoms with Crippen LogP contribution in [0, 0.1) is 5.92 Å². The van der Waals surface area contributed by atoms with Crippen molar-refractivity contribution < 1.29 is 9.53 Å². The van der Waals surface area contributed by atoms with Crippen LogP contribution in [0.15, 0.2) is 24.3 Å². The zero-order valence-electron chi connectivity index (χ0n) is 11.1. The molecule has 0 aromatic heterocycles. The van der Waals surface area contributed by atoms with Gasteiger partial charge in [-0.2, -0.15) is 0 Å². The quantitative estimate of drug-likeness (QED) is 0.781. The summed E-state index contributed by atoms with van der Waals surface area (Å²) in [6, 6.07) is 7.32. The smallest absolute Gasteiger partial charge is 0.224 e. The van der Waals surface area contributed by atoms with E-state index in [1.807, 2.05) is 24.3 Å². The molecule has 0 radical (unpaired) electrons. The summed E-state index contributed by atoms with van der Waals surface area (Å²) >= 11 is 0. The van der Waals surface area contributed by atoms with Crippen LogP contribution in [-0.2, 0) is 4.79 Å². The predicted octanol–water partition coefficient (Wildman–Crippen LogP) is 2.40. The van der Waals surface area contributed by atoms with Gasteiger partial charge >= 0.3 is 0 Å². The molecule has 1 rings (SSSR count). The van der Waals surface area contributed by atoms with Gasteiger partial charge in [0.1, 0.15) is 12.4 Å². The lowest BCUT2D eigenvalue weighted by atomic mass is 10.1. The lowest BCUT2D eigenvalue weighted by Crippen LogP contribution is -2.12. The van der Waals surface area contributed by atoms with Gasteiger partial charge in [-0.15, -0.1) is 0 Å². The Morgan fingerprint density at radius 3 is 2.56 bits per heavy atom. The minimum Gasteiger partial charge on any atom is -0.492 e. The summed E-state index contributed by atoms with van der Waals surface area (Å²) < 4.78 is 5.36. The van der Waals surface area contributed by atoms with E-state index in [0.29, 0.717) is 25.5 Å². The van der Waals surface area contributed by atoms with Crippen LogP contribution >= 0.6 is 0 Å². The summed E-state index contributed by atoms with van der Waals surface area (Å²) in [7, 11) is 0. The average molecular weight is 250 g/mol. The number of anilines is 1. The summed E-state index contributed by atoms with van der Waals surface area (Å²) in [6.07, 6.45) is 1.46. The molecule has 0 spiro atoms. The van der Waals surface area contributed by atoms with Gasteiger partial charge in [-0.25, -0.2) is 0 Å². The fourth-order valence-corrected chi connectivity index (χ4v) is 1.45. The van der Waals surface area contributed by atoms with E-state index in [4.69, 9.17) is 10.5 Å². The molecule has 4 nitrogen and oxygen atoms in total. The molecule has 1 amide bonds. The molecule has 0 aliphatic rings. The number of carbonyl (C=O) groups excluding carboxylic acids is 1. The fourth-order valence-electron chi connectivity index (χ4n) is 1.45. The van der Waals surface area contributed by atoms with Crippen molar-refractivity contribution in [3.8, 4) is 5.75 Å². The van der Waals surface area contributed by atoms with Crippen LogP contribution in [0.1, 0.15) is 26.7 Å². The van der Waals surface area contributed by atoms with Gasteiger partial charge in [-0.05, 0) is 36.6 Å². The highest BCUT2D eigenvalue weighted by molar-refractivity contribution is 5.90. The first-order valence-electron chi connectivity index (χ1n) is 6.34. The Morgan fingerprint density at radius 1 is 1.33 bits per heavy atom. The number of ether oxygens (including phenoxy) is 1. The van der Waals surface area contributed by atoms with Crippen LogP contribution in [0.3, 0.4) is 0 Å². The van der Waals surface area contributed by atoms with Crippen LogP contribution in [0.2, 0.25) is 0 Å². The molecule has 0 heterocycles. The molecule has 0 atom stereocenters. The first kappa shape index (κ1) is 14.5. The maximum absolute atomic E-state index is 11.6. The Labute approximate surface area is 109 Å². The van der Waals surface area contributed by atoms with E-state index in [-0.39, 0.29) is 5.91 Å². The van der Waals surface area contributed by atoms with Gasteiger partial charge in [0.15, 0.2) is 0 Å².